The molecule has 0 amide bonds. The summed E-state index contributed by atoms with van der Waals surface area (Å²) in [6.07, 6.45) is 4.34. The predicted octanol–water partition coefficient (Wildman–Crippen LogP) is 1.62. The van der Waals surface area contributed by atoms with Gasteiger partial charge in [-0.3, -0.25) is 4.79 Å². The molecule has 0 bridgehead atoms. The zero-order valence-corrected chi connectivity index (χ0v) is 7.49. The molecule has 2 aliphatic rings. The van der Waals surface area contributed by atoms with Crippen molar-refractivity contribution in [1.82, 2.24) is 0 Å². The van der Waals surface area contributed by atoms with Crippen molar-refractivity contribution in [3.8, 4) is 0 Å². The van der Waals surface area contributed by atoms with Gasteiger partial charge >= 0.3 is 5.97 Å². The van der Waals surface area contributed by atoms with Crippen LogP contribution in [0.1, 0.15) is 13.8 Å². The van der Waals surface area contributed by atoms with Crippen LogP contribution in [-0.4, -0.2) is 12.6 Å². The Kier molecular flexibility index (Phi) is 1.71. The second kappa shape index (κ2) is 2.61. The highest BCUT2D eigenvalue weighted by molar-refractivity contribution is 5.75. The minimum atomic E-state index is 0.00343. The highest BCUT2D eigenvalue weighted by Crippen LogP contribution is 2.38. The number of rotatable bonds is 0. The van der Waals surface area contributed by atoms with Crippen molar-refractivity contribution in [1.29, 1.82) is 0 Å². The highest BCUT2D eigenvalue weighted by Gasteiger charge is 2.42. The molecule has 0 aromatic heterocycles. The summed E-state index contributed by atoms with van der Waals surface area (Å²) in [5.74, 6) is 1.43. The number of carbonyl (C=O) groups is 1. The molecule has 1 aliphatic heterocycles. The molecule has 2 heteroatoms. The Morgan fingerprint density at radius 3 is 2.92 bits per heavy atom. The van der Waals surface area contributed by atoms with Crippen molar-refractivity contribution >= 4 is 5.97 Å². The van der Waals surface area contributed by atoms with Gasteiger partial charge in [-0.15, -0.1) is 0 Å². The van der Waals surface area contributed by atoms with Crippen molar-refractivity contribution in [2.24, 2.45) is 23.7 Å². The summed E-state index contributed by atoms with van der Waals surface area (Å²) < 4.78 is 5.03. The Hall–Kier alpha value is -0.790. The quantitative estimate of drug-likeness (QED) is 0.404. The molecule has 1 heterocycles. The summed E-state index contributed by atoms with van der Waals surface area (Å²) in [7, 11) is 0. The molecule has 1 aliphatic carbocycles. The normalized spacial score (nSPS) is 45.7. The SMILES string of the molecule is C[C@H]1[C@@H]2C(=O)OC[C@H]2C=C[C@H]1C. The van der Waals surface area contributed by atoms with E-state index in [1.807, 2.05) is 0 Å². The number of hydrogen-bond acceptors (Lipinski definition) is 2. The van der Waals surface area contributed by atoms with E-state index < -0.39 is 0 Å². The average Bonchev–Trinajstić information content (AvgIpc) is 2.41. The van der Waals surface area contributed by atoms with E-state index in [4.69, 9.17) is 4.74 Å². The maximum absolute atomic E-state index is 11.3. The molecule has 2 nitrogen and oxygen atoms in total. The van der Waals surface area contributed by atoms with Gasteiger partial charge in [0.25, 0.3) is 0 Å². The lowest BCUT2D eigenvalue weighted by Crippen LogP contribution is -2.29. The summed E-state index contributed by atoms with van der Waals surface area (Å²) in [6.45, 7) is 4.89. The molecule has 0 N–H and O–H groups in total. The molecular formula is C10H14O2. The first kappa shape index (κ1) is 7.84. The van der Waals surface area contributed by atoms with E-state index in [0.29, 0.717) is 24.4 Å². The van der Waals surface area contributed by atoms with Gasteiger partial charge in [-0.05, 0) is 11.8 Å². The monoisotopic (exact) mass is 166 g/mol. The molecule has 0 aromatic rings. The average molecular weight is 166 g/mol. The molecule has 0 unspecified atom stereocenters. The molecule has 0 aromatic carbocycles. The molecule has 2 rings (SSSR count). The lowest BCUT2D eigenvalue weighted by Gasteiger charge is -2.28. The number of allylic oxidation sites excluding steroid dienone is 1. The predicted molar refractivity (Wildman–Crippen MR) is 45.4 cm³/mol. The Labute approximate surface area is 72.6 Å². The van der Waals surface area contributed by atoms with E-state index in [2.05, 4.69) is 26.0 Å². The molecule has 12 heavy (non-hydrogen) atoms. The van der Waals surface area contributed by atoms with Crippen LogP contribution in [0.2, 0.25) is 0 Å². The lowest BCUT2D eigenvalue weighted by molar-refractivity contribution is -0.142. The minimum Gasteiger partial charge on any atom is -0.465 e. The van der Waals surface area contributed by atoms with Crippen LogP contribution in [0.4, 0.5) is 0 Å². The molecule has 0 radical (unpaired) electrons. The van der Waals surface area contributed by atoms with Crippen LogP contribution < -0.4 is 0 Å². The van der Waals surface area contributed by atoms with Crippen molar-refractivity contribution in [3.63, 3.8) is 0 Å². The van der Waals surface area contributed by atoms with E-state index >= 15 is 0 Å². The zero-order chi connectivity index (χ0) is 8.72. The molecule has 0 saturated carbocycles. The third kappa shape index (κ3) is 0.977. The largest absolute Gasteiger partial charge is 0.465 e. The van der Waals surface area contributed by atoms with Gasteiger partial charge in [-0.2, -0.15) is 0 Å². The number of ether oxygens (including phenoxy) is 1. The van der Waals surface area contributed by atoms with Gasteiger partial charge in [0.1, 0.15) is 0 Å². The van der Waals surface area contributed by atoms with Crippen LogP contribution in [-0.2, 0) is 9.53 Å². The van der Waals surface area contributed by atoms with Gasteiger partial charge in [-0.1, -0.05) is 26.0 Å². The number of carbonyl (C=O) groups excluding carboxylic acids is 1. The van der Waals surface area contributed by atoms with Gasteiger partial charge < -0.3 is 4.74 Å². The fourth-order valence-electron chi connectivity index (χ4n) is 2.15. The van der Waals surface area contributed by atoms with E-state index in [9.17, 15) is 4.79 Å². The third-order valence-corrected chi connectivity index (χ3v) is 3.21. The molecule has 4 atom stereocenters. The van der Waals surface area contributed by atoms with E-state index in [-0.39, 0.29) is 11.9 Å². The van der Waals surface area contributed by atoms with Crippen LogP contribution in [0.15, 0.2) is 12.2 Å². The molecule has 0 spiro atoms. The number of hydrogen-bond donors (Lipinski definition) is 0. The standard InChI is InChI=1S/C10H14O2/c1-6-3-4-8-5-12-10(11)9(8)7(6)2/h3-4,6-9H,5H2,1-2H3/t6-,7-,8-,9+/m1/s1. The zero-order valence-electron chi connectivity index (χ0n) is 7.49. The molecule has 66 valence electrons. The number of esters is 1. The van der Waals surface area contributed by atoms with Crippen molar-refractivity contribution < 1.29 is 9.53 Å². The fraction of sp³-hybridized carbons (Fsp3) is 0.700. The second-order valence-corrected chi connectivity index (χ2v) is 3.92. The Morgan fingerprint density at radius 1 is 1.42 bits per heavy atom. The minimum absolute atomic E-state index is 0.00343. The maximum atomic E-state index is 11.3. The fourth-order valence-corrected chi connectivity index (χ4v) is 2.15. The van der Waals surface area contributed by atoms with Gasteiger partial charge in [0.15, 0.2) is 0 Å². The van der Waals surface area contributed by atoms with E-state index in [1.165, 1.54) is 0 Å². The molecular weight excluding hydrogens is 152 g/mol. The van der Waals surface area contributed by atoms with E-state index in [1.54, 1.807) is 0 Å². The van der Waals surface area contributed by atoms with Gasteiger partial charge in [-0.25, -0.2) is 0 Å². The summed E-state index contributed by atoms with van der Waals surface area (Å²) in [4.78, 5) is 11.3. The first-order valence-electron chi connectivity index (χ1n) is 4.55. The van der Waals surface area contributed by atoms with Crippen LogP contribution in [0.5, 0.6) is 0 Å². The summed E-state index contributed by atoms with van der Waals surface area (Å²) in [5.41, 5.74) is 0. The first-order chi connectivity index (χ1) is 5.70. The van der Waals surface area contributed by atoms with Gasteiger partial charge in [0, 0.05) is 5.92 Å². The van der Waals surface area contributed by atoms with Crippen LogP contribution >= 0.6 is 0 Å². The summed E-state index contributed by atoms with van der Waals surface area (Å²) in [5, 5.41) is 0. The first-order valence-corrected chi connectivity index (χ1v) is 4.55. The Morgan fingerprint density at radius 2 is 2.17 bits per heavy atom. The van der Waals surface area contributed by atoms with Crippen molar-refractivity contribution in [2.75, 3.05) is 6.61 Å². The van der Waals surface area contributed by atoms with Crippen LogP contribution in [0.3, 0.4) is 0 Å². The van der Waals surface area contributed by atoms with Gasteiger partial charge in [0.2, 0.25) is 0 Å². The number of fused-ring (bicyclic) bond motifs is 1. The van der Waals surface area contributed by atoms with Crippen LogP contribution in [0, 0.1) is 23.7 Å². The van der Waals surface area contributed by atoms with Crippen molar-refractivity contribution in [3.05, 3.63) is 12.2 Å². The highest BCUT2D eigenvalue weighted by atomic mass is 16.5. The van der Waals surface area contributed by atoms with Gasteiger partial charge in [0.05, 0.1) is 12.5 Å². The summed E-state index contributed by atoms with van der Waals surface area (Å²) in [6, 6.07) is 0. The second-order valence-electron chi connectivity index (χ2n) is 3.92. The van der Waals surface area contributed by atoms with Crippen LogP contribution in [0.25, 0.3) is 0 Å². The third-order valence-electron chi connectivity index (χ3n) is 3.21. The summed E-state index contributed by atoms with van der Waals surface area (Å²) >= 11 is 0. The number of cyclic esters (lactones) is 1. The lowest BCUT2D eigenvalue weighted by atomic mass is 9.73. The van der Waals surface area contributed by atoms with E-state index in [0.717, 1.165) is 0 Å². The van der Waals surface area contributed by atoms with Crippen molar-refractivity contribution in [2.45, 2.75) is 13.8 Å². The Balaban J connectivity index is 2.27. The Bertz CT molecular complexity index is 232. The molecule has 1 saturated heterocycles. The topological polar surface area (TPSA) is 26.3 Å². The maximum Gasteiger partial charge on any atom is 0.309 e. The smallest absolute Gasteiger partial charge is 0.309 e. The molecule has 1 fully saturated rings.